The third-order valence-corrected chi connectivity index (χ3v) is 2.43. The highest BCUT2D eigenvalue weighted by atomic mass is 16.3. The molecule has 0 unspecified atom stereocenters. The highest BCUT2D eigenvalue weighted by Gasteiger charge is 2.21. The molecule has 0 radical (unpaired) electrons. The summed E-state index contributed by atoms with van der Waals surface area (Å²) in [7, 11) is 0. The van der Waals surface area contributed by atoms with Crippen molar-refractivity contribution in [3.63, 3.8) is 0 Å². The average molecular weight is 221 g/mol. The van der Waals surface area contributed by atoms with Crippen LogP contribution in [0.1, 0.15) is 31.9 Å². The van der Waals surface area contributed by atoms with E-state index in [2.05, 4.69) is 5.32 Å². The van der Waals surface area contributed by atoms with E-state index >= 15 is 0 Å². The fraction of sp³-hybridized carbons (Fsp3) is 0.462. The molecule has 0 atom stereocenters. The summed E-state index contributed by atoms with van der Waals surface area (Å²) in [6.07, 6.45) is 0. The number of hydrogen-bond donors (Lipinski definition) is 2. The van der Waals surface area contributed by atoms with E-state index in [1.807, 2.05) is 34.6 Å². The Morgan fingerprint density at radius 1 is 1.19 bits per heavy atom. The molecule has 0 heterocycles. The van der Waals surface area contributed by atoms with Gasteiger partial charge in [0.1, 0.15) is 5.75 Å². The van der Waals surface area contributed by atoms with Crippen LogP contribution in [0.5, 0.6) is 5.75 Å². The molecule has 1 aromatic carbocycles. The smallest absolute Gasteiger partial charge is 0.229 e. The third kappa shape index (κ3) is 2.75. The molecule has 0 bridgehead atoms. The van der Waals surface area contributed by atoms with Gasteiger partial charge in [-0.25, -0.2) is 0 Å². The SMILES string of the molecule is Cc1cc(NC(=O)C(C)(C)C)cc(C)c1O. The number of anilines is 1. The van der Waals surface area contributed by atoms with Crippen molar-refractivity contribution in [2.24, 2.45) is 5.41 Å². The summed E-state index contributed by atoms with van der Waals surface area (Å²) >= 11 is 0. The van der Waals surface area contributed by atoms with E-state index in [-0.39, 0.29) is 11.7 Å². The Hall–Kier alpha value is -1.51. The summed E-state index contributed by atoms with van der Waals surface area (Å²) in [6.45, 7) is 9.22. The molecule has 0 aliphatic carbocycles. The highest BCUT2D eigenvalue weighted by Crippen LogP contribution is 2.26. The van der Waals surface area contributed by atoms with E-state index in [1.165, 1.54) is 0 Å². The van der Waals surface area contributed by atoms with Crippen LogP contribution in [0, 0.1) is 19.3 Å². The van der Waals surface area contributed by atoms with Gasteiger partial charge in [-0.15, -0.1) is 0 Å². The summed E-state index contributed by atoms with van der Waals surface area (Å²) in [5.74, 6) is 0.255. The first-order valence-corrected chi connectivity index (χ1v) is 5.33. The number of carbonyl (C=O) groups excluding carboxylic acids is 1. The van der Waals surface area contributed by atoms with Gasteiger partial charge in [-0.2, -0.15) is 0 Å². The van der Waals surface area contributed by atoms with E-state index < -0.39 is 5.41 Å². The van der Waals surface area contributed by atoms with E-state index in [9.17, 15) is 9.90 Å². The molecule has 2 N–H and O–H groups in total. The molecule has 0 saturated carbocycles. The Kier molecular flexibility index (Phi) is 3.27. The first-order valence-electron chi connectivity index (χ1n) is 5.33. The molecule has 0 aromatic heterocycles. The lowest BCUT2D eigenvalue weighted by Gasteiger charge is -2.18. The lowest BCUT2D eigenvalue weighted by atomic mass is 9.95. The number of hydrogen-bond acceptors (Lipinski definition) is 2. The molecule has 0 saturated heterocycles. The number of carbonyl (C=O) groups is 1. The molecule has 88 valence electrons. The molecule has 16 heavy (non-hydrogen) atoms. The molecule has 0 aliphatic heterocycles. The van der Waals surface area contributed by atoms with Crippen LogP contribution in [0.25, 0.3) is 0 Å². The predicted molar refractivity (Wildman–Crippen MR) is 65.7 cm³/mol. The summed E-state index contributed by atoms with van der Waals surface area (Å²) in [4.78, 5) is 11.8. The topological polar surface area (TPSA) is 49.3 Å². The minimum Gasteiger partial charge on any atom is -0.507 e. The Morgan fingerprint density at radius 3 is 2.00 bits per heavy atom. The number of amides is 1. The zero-order chi connectivity index (χ0) is 12.5. The van der Waals surface area contributed by atoms with Gasteiger partial charge in [0, 0.05) is 11.1 Å². The van der Waals surface area contributed by atoms with Crippen molar-refractivity contribution in [3.8, 4) is 5.75 Å². The largest absolute Gasteiger partial charge is 0.507 e. The Labute approximate surface area is 96.5 Å². The van der Waals surface area contributed by atoms with Gasteiger partial charge in [0.15, 0.2) is 0 Å². The van der Waals surface area contributed by atoms with Crippen molar-refractivity contribution >= 4 is 11.6 Å². The van der Waals surface area contributed by atoms with Crippen molar-refractivity contribution in [1.82, 2.24) is 0 Å². The number of nitrogens with one attached hydrogen (secondary N) is 1. The van der Waals surface area contributed by atoms with Gasteiger partial charge in [0.2, 0.25) is 5.91 Å². The van der Waals surface area contributed by atoms with Crippen LogP contribution in [0.2, 0.25) is 0 Å². The summed E-state index contributed by atoms with van der Waals surface area (Å²) in [5, 5.41) is 12.5. The summed E-state index contributed by atoms with van der Waals surface area (Å²) < 4.78 is 0. The Morgan fingerprint density at radius 2 is 1.62 bits per heavy atom. The number of aromatic hydroxyl groups is 1. The van der Waals surface area contributed by atoms with Gasteiger partial charge in [-0.05, 0) is 37.1 Å². The molecular formula is C13H19NO2. The fourth-order valence-electron chi connectivity index (χ4n) is 1.35. The molecule has 1 rings (SSSR count). The van der Waals surface area contributed by atoms with Crippen LogP contribution in [0.15, 0.2) is 12.1 Å². The lowest BCUT2D eigenvalue weighted by Crippen LogP contribution is -2.27. The molecule has 0 aliphatic rings. The fourth-order valence-corrected chi connectivity index (χ4v) is 1.35. The number of phenols is 1. The van der Waals surface area contributed by atoms with E-state index in [0.717, 1.165) is 16.8 Å². The molecular weight excluding hydrogens is 202 g/mol. The standard InChI is InChI=1S/C13H19NO2/c1-8-6-10(7-9(2)11(8)15)14-12(16)13(3,4)5/h6-7,15H,1-5H3,(H,14,16). The lowest BCUT2D eigenvalue weighted by molar-refractivity contribution is -0.123. The third-order valence-electron chi connectivity index (χ3n) is 2.43. The molecule has 1 amide bonds. The van der Waals surface area contributed by atoms with E-state index in [4.69, 9.17) is 0 Å². The van der Waals surface area contributed by atoms with E-state index in [1.54, 1.807) is 12.1 Å². The number of aryl methyl sites for hydroxylation is 2. The van der Waals surface area contributed by atoms with Gasteiger partial charge in [0.25, 0.3) is 0 Å². The average Bonchev–Trinajstić information content (AvgIpc) is 2.12. The normalized spacial score (nSPS) is 11.3. The van der Waals surface area contributed by atoms with Crippen molar-refractivity contribution in [3.05, 3.63) is 23.3 Å². The van der Waals surface area contributed by atoms with Gasteiger partial charge < -0.3 is 10.4 Å². The Bertz CT molecular complexity index is 393. The summed E-state index contributed by atoms with van der Waals surface area (Å²) in [5.41, 5.74) is 1.85. The maximum Gasteiger partial charge on any atom is 0.229 e. The minimum atomic E-state index is -0.417. The molecule has 0 fully saturated rings. The van der Waals surface area contributed by atoms with Crippen LogP contribution in [-0.4, -0.2) is 11.0 Å². The van der Waals surface area contributed by atoms with Crippen molar-refractivity contribution in [2.75, 3.05) is 5.32 Å². The van der Waals surface area contributed by atoms with Crippen LogP contribution in [-0.2, 0) is 4.79 Å². The second kappa shape index (κ2) is 4.16. The first-order chi connectivity index (χ1) is 7.21. The highest BCUT2D eigenvalue weighted by molar-refractivity contribution is 5.94. The predicted octanol–water partition coefficient (Wildman–Crippen LogP) is 2.99. The van der Waals surface area contributed by atoms with Gasteiger partial charge >= 0.3 is 0 Å². The monoisotopic (exact) mass is 221 g/mol. The second-order valence-corrected chi connectivity index (χ2v) is 5.16. The zero-order valence-electron chi connectivity index (χ0n) is 10.5. The van der Waals surface area contributed by atoms with Gasteiger partial charge in [-0.1, -0.05) is 20.8 Å². The maximum absolute atomic E-state index is 11.8. The van der Waals surface area contributed by atoms with Crippen LogP contribution in [0.4, 0.5) is 5.69 Å². The quantitative estimate of drug-likeness (QED) is 0.716. The van der Waals surface area contributed by atoms with E-state index in [0.29, 0.717) is 0 Å². The minimum absolute atomic E-state index is 0.0306. The van der Waals surface area contributed by atoms with Gasteiger partial charge in [0.05, 0.1) is 0 Å². The number of benzene rings is 1. The maximum atomic E-state index is 11.8. The van der Waals surface area contributed by atoms with Crippen LogP contribution in [0.3, 0.4) is 0 Å². The van der Waals surface area contributed by atoms with Crippen LogP contribution >= 0.6 is 0 Å². The number of phenolic OH excluding ortho intramolecular Hbond substituents is 1. The van der Waals surface area contributed by atoms with Crippen LogP contribution < -0.4 is 5.32 Å². The molecule has 3 heteroatoms. The van der Waals surface area contributed by atoms with Gasteiger partial charge in [-0.3, -0.25) is 4.79 Å². The number of rotatable bonds is 1. The Balaban J connectivity index is 2.96. The zero-order valence-corrected chi connectivity index (χ0v) is 10.5. The molecule has 1 aromatic rings. The van der Waals surface area contributed by atoms with Crippen molar-refractivity contribution in [1.29, 1.82) is 0 Å². The summed E-state index contributed by atoms with van der Waals surface area (Å²) in [6, 6.07) is 3.54. The second-order valence-electron chi connectivity index (χ2n) is 5.16. The van der Waals surface area contributed by atoms with Crippen molar-refractivity contribution < 1.29 is 9.90 Å². The first kappa shape index (κ1) is 12.6. The molecule has 3 nitrogen and oxygen atoms in total. The van der Waals surface area contributed by atoms with Crippen molar-refractivity contribution in [2.45, 2.75) is 34.6 Å². The molecule has 0 spiro atoms.